The van der Waals surface area contributed by atoms with Gasteiger partial charge in [-0.05, 0) is 11.5 Å². The molecule has 0 unspecified atom stereocenters. The van der Waals surface area contributed by atoms with Crippen LogP contribution >= 0.6 is 34.7 Å². The van der Waals surface area contributed by atoms with Crippen LogP contribution in [0.25, 0.3) is 0 Å². The summed E-state index contributed by atoms with van der Waals surface area (Å²) in [5.74, 6) is -1.35. The molecule has 0 spiro atoms. The van der Waals surface area contributed by atoms with Crippen LogP contribution < -0.4 is 34.7 Å². The van der Waals surface area contributed by atoms with Crippen LogP contribution in [0.5, 0.6) is 0 Å². The molecule has 0 aliphatic carbocycles. The predicted octanol–water partition coefficient (Wildman–Crippen LogP) is -2.18. The minimum absolute atomic E-state index is 0. The van der Waals surface area contributed by atoms with Gasteiger partial charge in [-0.1, -0.05) is 23.2 Å². The number of aromatic carboxylic acids is 1. The topological polar surface area (TPSA) is 53.0 Å². The van der Waals surface area contributed by atoms with Gasteiger partial charge in [-0.15, -0.1) is 0 Å². The van der Waals surface area contributed by atoms with Crippen molar-refractivity contribution in [1.82, 2.24) is 4.37 Å². The number of aromatic nitrogens is 1. The fourth-order valence-corrected chi connectivity index (χ4v) is 1.43. The van der Waals surface area contributed by atoms with Gasteiger partial charge < -0.3 is 9.90 Å². The van der Waals surface area contributed by atoms with Crippen LogP contribution in [0.2, 0.25) is 10.2 Å². The largest absolute Gasteiger partial charge is 1.00 e. The van der Waals surface area contributed by atoms with Gasteiger partial charge >= 0.3 is 29.6 Å². The summed E-state index contributed by atoms with van der Waals surface area (Å²) in [6.45, 7) is 0. The average molecular weight is 220 g/mol. The predicted molar refractivity (Wildman–Crippen MR) is 36.5 cm³/mol. The molecule has 0 aliphatic rings. The molecule has 1 aromatic heterocycles. The minimum Gasteiger partial charge on any atom is -0.544 e. The molecule has 1 aromatic rings. The zero-order chi connectivity index (χ0) is 7.72. The maximum Gasteiger partial charge on any atom is 1.00 e. The Balaban J connectivity index is 0.000001000. The van der Waals surface area contributed by atoms with E-state index < -0.39 is 5.97 Å². The second-order valence-corrected chi connectivity index (χ2v) is 2.91. The van der Waals surface area contributed by atoms with Gasteiger partial charge in [0.2, 0.25) is 0 Å². The summed E-state index contributed by atoms with van der Waals surface area (Å²) in [7, 11) is 0. The van der Waals surface area contributed by atoms with Gasteiger partial charge in [0.1, 0.15) is 0 Å². The first-order chi connectivity index (χ1) is 4.63. The quantitative estimate of drug-likeness (QED) is 0.505. The molecule has 0 radical (unpaired) electrons. The zero-order valence-corrected chi connectivity index (χ0v) is 9.76. The van der Waals surface area contributed by atoms with Crippen molar-refractivity contribution in [3.63, 3.8) is 0 Å². The van der Waals surface area contributed by atoms with E-state index in [2.05, 4.69) is 4.37 Å². The van der Waals surface area contributed by atoms with Gasteiger partial charge in [-0.25, -0.2) is 0 Å². The molecule has 1 rings (SSSR count). The number of carbonyl (C=O) groups excluding carboxylic acids is 1. The van der Waals surface area contributed by atoms with Gasteiger partial charge in [0.15, 0.2) is 5.15 Å². The Morgan fingerprint density at radius 3 is 2.27 bits per heavy atom. The first-order valence-corrected chi connectivity index (χ1v) is 3.68. The smallest absolute Gasteiger partial charge is 0.544 e. The Hall–Kier alpha value is 0.680. The van der Waals surface area contributed by atoms with Gasteiger partial charge in [0.05, 0.1) is 15.9 Å². The molecule has 0 aromatic carbocycles. The average Bonchev–Trinajstić information content (AvgIpc) is 2.14. The van der Waals surface area contributed by atoms with Gasteiger partial charge in [0, 0.05) is 0 Å². The third kappa shape index (κ3) is 2.57. The van der Waals surface area contributed by atoms with Crippen molar-refractivity contribution in [1.29, 1.82) is 0 Å². The Kier molecular flexibility index (Phi) is 4.93. The molecule has 0 aliphatic heterocycles. The molecule has 0 saturated heterocycles. The SMILES string of the molecule is O=C([O-])c1snc(Cl)c1Cl.[Na+]. The molecule has 3 nitrogen and oxygen atoms in total. The van der Waals surface area contributed by atoms with Gasteiger partial charge in [0.25, 0.3) is 0 Å². The van der Waals surface area contributed by atoms with Crippen molar-refractivity contribution in [2.45, 2.75) is 0 Å². The van der Waals surface area contributed by atoms with Crippen LogP contribution in [0, 0.1) is 0 Å². The van der Waals surface area contributed by atoms with Crippen LogP contribution in [0.1, 0.15) is 9.67 Å². The van der Waals surface area contributed by atoms with E-state index in [0.717, 1.165) is 0 Å². The number of carbonyl (C=O) groups is 1. The summed E-state index contributed by atoms with van der Waals surface area (Å²) in [6.07, 6.45) is 0. The van der Waals surface area contributed by atoms with Gasteiger partial charge in [-0.2, -0.15) is 4.37 Å². The number of rotatable bonds is 1. The zero-order valence-electron chi connectivity index (χ0n) is 5.43. The number of carboxylic acid groups (broad SMARTS) is 1. The van der Waals surface area contributed by atoms with Crippen molar-refractivity contribution >= 4 is 40.7 Å². The van der Waals surface area contributed by atoms with Crippen LogP contribution in [0.15, 0.2) is 0 Å². The van der Waals surface area contributed by atoms with Crippen LogP contribution in [0.4, 0.5) is 0 Å². The molecular weight excluding hydrogens is 220 g/mol. The van der Waals surface area contributed by atoms with E-state index in [1.807, 2.05) is 0 Å². The van der Waals surface area contributed by atoms with E-state index in [9.17, 15) is 9.90 Å². The molecule has 0 fully saturated rings. The van der Waals surface area contributed by atoms with E-state index in [0.29, 0.717) is 11.5 Å². The van der Waals surface area contributed by atoms with E-state index in [1.54, 1.807) is 0 Å². The maximum atomic E-state index is 10.2. The normalized spacial score (nSPS) is 8.91. The van der Waals surface area contributed by atoms with Crippen molar-refractivity contribution in [3.8, 4) is 0 Å². The summed E-state index contributed by atoms with van der Waals surface area (Å²) < 4.78 is 3.49. The second-order valence-electron chi connectivity index (χ2n) is 1.40. The number of hydrogen-bond acceptors (Lipinski definition) is 4. The van der Waals surface area contributed by atoms with Crippen molar-refractivity contribution in [2.75, 3.05) is 0 Å². The van der Waals surface area contributed by atoms with E-state index in [-0.39, 0.29) is 44.6 Å². The van der Waals surface area contributed by atoms with E-state index in [4.69, 9.17) is 23.2 Å². The molecule has 0 N–H and O–H groups in total. The summed E-state index contributed by atoms with van der Waals surface area (Å²) in [5.41, 5.74) is 0. The van der Waals surface area contributed by atoms with Gasteiger partial charge in [-0.3, -0.25) is 0 Å². The minimum atomic E-state index is -1.35. The summed E-state index contributed by atoms with van der Waals surface area (Å²) >= 11 is 11.5. The molecule has 54 valence electrons. The summed E-state index contributed by atoms with van der Waals surface area (Å²) in [4.78, 5) is 10.0. The van der Waals surface area contributed by atoms with Crippen LogP contribution in [-0.2, 0) is 0 Å². The monoisotopic (exact) mass is 219 g/mol. The molecule has 0 saturated carbocycles. The Bertz CT molecular complexity index is 277. The van der Waals surface area contributed by atoms with Crippen molar-refractivity contribution < 1.29 is 39.5 Å². The van der Waals surface area contributed by atoms with Crippen molar-refractivity contribution in [3.05, 3.63) is 15.1 Å². The molecule has 0 bridgehead atoms. The Morgan fingerprint density at radius 1 is 1.55 bits per heavy atom. The second kappa shape index (κ2) is 4.64. The molecular formula is C4Cl2NNaO2S. The Morgan fingerprint density at radius 2 is 2.09 bits per heavy atom. The number of halogens is 2. The molecule has 0 atom stereocenters. The van der Waals surface area contributed by atoms with E-state index >= 15 is 0 Å². The fourth-order valence-electron chi connectivity index (χ4n) is 0.386. The van der Waals surface area contributed by atoms with Crippen LogP contribution in [0.3, 0.4) is 0 Å². The summed E-state index contributed by atoms with van der Waals surface area (Å²) in [5, 5.41) is 10.1. The number of nitrogens with zero attached hydrogens (tertiary/aromatic N) is 1. The Labute approximate surface area is 98.8 Å². The summed E-state index contributed by atoms with van der Waals surface area (Å²) in [6, 6.07) is 0. The molecule has 1 heterocycles. The third-order valence-electron chi connectivity index (χ3n) is 0.783. The maximum absolute atomic E-state index is 10.2. The first kappa shape index (κ1) is 11.7. The molecule has 7 heteroatoms. The van der Waals surface area contributed by atoms with Crippen LogP contribution in [-0.4, -0.2) is 10.3 Å². The molecule has 0 amide bonds. The standard InChI is InChI=1S/C4HCl2NO2S.Na/c5-1-2(4(8)9)10-7-3(1)6;/h(H,8,9);/q;+1/p-1. The number of hydrogen-bond donors (Lipinski definition) is 0. The molecule has 11 heavy (non-hydrogen) atoms. The fraction of sp³-hybridized carbons (Fsp3) is 0. The number of carboxylic acids is 1. The van der Waals surface area contributed by atoms with Crippen molar-refractivity contribution in [2.24, 2.45) is 0 Å². The van der Waals surface area contributed by atoms with E-state index in [1.165, 1.54) is 0 Å². The first-order valence-electron chi connectivity index (χ1n) is 2.15. The third-order valence-corrected chi connectivity index (χ3v) is 2.56.